The van der Waals surface area contributed by atoms with E-state index in [0.29, 0.717) is 24.5 Å². The number of thiophene rings is 1. The van der Waals surface area contributed by atoms with Gasteiger partial charge in [0.25, 0.3) is 0 Å². The van der Waals surface area contributed by atoms with Crippen molar-refractivity contribution in [1.82, 2.24) is 15.2 Å². The van der Waals surface area contributed by atoms with Gasteiger partial charge in [0.1, 0.15) is 5.76 Å². The second-order valence-electron chi connectivity index (χ2n) is 6.10. The minimum Gasteiger partial charge on any atom is -0.468 e. The van der Waals surface area contributed by atoms with E-state index >= 15 is 0 Å². The first kappa shape index (κ1) is 18.6. The fraction of sp³-hybridized carbons (Fsp3) is 0.333. The van der Waals surface area contributed by atoms with Gasteiger partial charge in [-0.2, -0.15) is 0 Å². The van der Waals surface area contributed by atoms with Crippen molar-refractivity contribution in [3.63, 3.8) is 0 Å². The van der Waals surface area contributed by atoms with Crippen molar-refractivity contribution in [2.75, 3.05) is 26.4 Å². The number of anilines is 1. The summed E-state index contributed by atoms with van der Waals surface area (Å²) >= 11 is 3.08. The lowest BCUT2D eigenvalue weighted by atomic mass is 10.2. The van der Waals surface area contributed by atoms with Crippen LogP contribution in [0.25, 0.3) is 10.6 Å². The number of hydrogen-bond acceptors (Lipinski definition) is 7. The molecule has 0 saturated heterocycles. The summed E-state index contributed by atoms with van der Waals surface area (Å²) in [5, 5.41) is 5.55. The van der Waals surface area contributed by atoms with Crippen molar-refractivity contribution in [2.45, 2.75) is 18.9 Å². The molecule has 3 heterocycles. The number of nitrogens with one attached hydrogen (secondary N) is 1. The SMILES string of the molecule is CN(C)C(CNC(=O)CCc1sc(N)nc1-c1cccs1)c1ccco1. The van der Waals surface area contributed by atoms with E-state index in [0.717, 1.165) is 21.2 Å². The number of furan rings is 1. The van der Waals surface area contributed by atoms with E-state index in [4.69, 9.17) is 10.2 Å². The second-order valence-corrected chi connectivity index (χ2v) is 8.16. The third kappa shape index (κ3) is 4.51. The largest absolute Gasteiger partial charge is 0.468 e. The highest BCUT2D eigenvalue weighted by atomic mass is 32.1. The molecule has 3 aromatic rings. The highest BCUT2D eigenvalue weighted by Crippen LogP contribution is 2.33. The van der Waals surface area contributed by atoms with E-state index in [-0.39, 0.29) is 11.9 Å². The third-order valence-electron chi connectivity index (χ3n) is 4.04. The number of likely N-dealkylation sites (N-methyl/N-ethyl adjacent to an activating group) is 1. The van der Waals surface area contributed by atoms with E-state index in [1.807, 2.05) is 48.6 Å². The summed E-state index contributed by atoms with van der Waals surface area (Å²) in [6.45, 7) is 0.502. The Labute approximate surface area is 160 Å². The molecule has 0 radical (unpaired) electrons. The molecule has 3 rings (SSSR count). The van der Waals surface area contributed by atoms with Crippen molar-refractivity contribution < 1.29 is 9.21 Å². The Hall–Kier alpha value is -2.16. The number of aromatic nitrogens is 1. The lowest BCUT2D eigenvalue weighted by molar-refractivity contribution is -0.121. The Bertz CT molecular complexity index is 826. The summed E-state index contributed by atoms with van der Waals surface area (Å²) < 4.78 is 5.47. The number of amides is 1. The molecule has 8 heteroatoms. The Kier molecular flexibility index (Phi) is 6.08. The van der Waals surface area contributed by atoms with Crippen LogP contribution in [-0.2, 0) is 11.2 Å². The van der Waals surface area contributed by atoms with Gasteiger partial charge in [-0.25, -0.2) is 4.98 Å². The highest BCUT2D eigenvalue weighted by Gasteiger charge is 2.18. The number of nitrogens with zero attached hydrogens (tertiary/aromatic N) is 2. The Balaban J connectivity index is 1.56. The van der Waals surface area contributed by atoms with Crippen LogP contribution in [0.5, 0.6) is 0 Å². The molecule has 1 atom stereocenters. The van der Waals surface area contributed by atoms with Crippen LogP contribution >= 0.6 is 22.7 Å². The van der Waals surface area contributed by atoms with Crippen LogP contribution in [0.1, 0.15) is 23.1 Å². The fourth-order valence-corrected chi connectivity index (χ4v) is 4.34. The summed E-state index contributed by atoms with van der Waals surface area (Å²) in [6, 6.07) is 7.79. The average molecular weight is 391 g/mol. The Morgan fingerprint density at radius 2 is 2.23 bits per heavy atom. The molecule has 3 aromatic heterocycles. The zero-order valence-electron chi connectivity index (χ0n) is 14.8. The van der Waals surface area contributed by atoms with Gasteiger partial charge in [-0.3, -0.25) is 9.69 Å². The molecule has 0 spiro atoms. The van der Waals surface area contributed by atoms with Crippen LogP contribution in [0.2, 0.25) is 0 Å². The lowest BCUT2D eigenvalue weighted by Crippen LogP contribution is -2.34. The summed E-state index contributed by atoms with van der Waals surface area (Å²) in [7, 11) is 3.93. The van der Waals surface area contributed by atoms with Gasteiger partial charge < -0.3 is 15.5 Å². The van der Waals surface area contributed by atoms with Gasteiger partial charge in [0, 0.05) is 17.8 Å². The van der Waals surface area contributed by atoms with Crippen molar-refractivity contribution >= 4 is 33.7 Å². The molecule has 0 bridgehead atoms. The van der Waals surface area contributed by atoms with E-state index in [1.165, 1.54) is 11.3 Å². The number of nitrogen functional groups attached to an aromatic ring is 1. The molecule has 3 N–H and O–H groups in total. The van der Waals surface area contributed by atoms with Gasteiger partial charge in [0.2, 0.25) is 5.91 Å². The molecule has 0 aliphatic rings. The molecule has 0 saturated carbocycles. The highest BCUT2D eigenvalue weighted by molar-refractivity contribution is 7.17. The van der Waals surface area contributed by atoms with Gasteiger partial charge >= 0.3 is 0 Å². The van der Waals surface area contributed by atoms with E-state index < -0.39 is 0 Å². The van der Waals surface area contributed by atoms with Crippen LogP contribution in [-0.4, -0.2) is 36.4 Å². The summed E-state index contributed by atoms with van der Waals surface area (Å²) in [5.74, 6) is 0.845. The number of aryl methyl sites for hydroxylation is 1. The maximum absolute atomic E-state index is 12.3. The summed E-state index contributed by atoms with van der Waals surface area (Å²) in [5.41, 5.74) is 6.77. The predicted octanol–water partition coefficient (Wildman–Crippen LogP) is 3.40. The quantitative estimate of drug-likeness (QED) is 0.616. The molecule has 138 valence electrons. The van der Waals surface area contributed by atoms with Gasteiger partial charge in [-0.05, 0) is 44.1 Å². The summed E-state index contributed by atoms with van der Waals surface area (Å²) in [6.07, 6.45) is 2.67. The topological polar surface area (TPSA) is 84.4 Å². The first-order valence-corrected chi connectivity index (χ1v) is 9.99. The number of carbonyl (C=O) groups is 1. The molecule has 1 unspecified atom stereocenters. The van der Waals surface area contributed by atoms with Gasteiger partial charge in [-0.1, -0.05) is 6.07 Å². The first-order chi connectivity index (χ1) is 12.5. The minimum absolute atomic E-state index is 0.00695. The molecule has 26 heavy (non-hydrogen) atoms. The van der Waals surface area contributed by atoms with Gasteiger partial charge in [0.05, 0.1) is 22.9 Å². The minimum atomic E-state index is 0.00695. The van der Waals surface area contributed by atoms with Crippen LogP contribution in [0.4, 0.5) is 5.13 Å². The molecule has 0 aliphatic carbocycles. The van der Waals surface area contributed by atoms with Gasteiger partial charge in [-0.15, -0.1) is 22.7 Å². The molecular weight excluding hydrogens is 368 g/mol. The fourth-order valence-electron chi connectivity index (χ4n) is 2.69. The van der Waals surface area contributed by atoms with Crippen LogP contribution < -0.4 is 11.1 Å². The molecule has 0 aliphatic heterocycles. The van der Waals surface area contributed by atoms with Crippen molar-refractivity contribution in [2.24, 2.45) is 0 Å². The lowest BCUT2D eigenvalue weighted by Gasteiger charge is -2.22. The molecule has 0 aromatic carbocycles. The average Bonchev–Trinajstić information content (AvgIpc) is 3.34. The summed E-state index contributed by atoms with van der Waals surface area (Å²) in [4.78, 5) is 20.9. The van der Waals surface area contributed by atoms with Crippen LogP contribution in [0.15, 0.2) is 40.3 Å². The van der Waals surface area contributed by atoms with Crippen molar-refractivity contribution in [3.8, 4) is 10.6 Å². The first-order valence-electron chi connectivity index (χ1n) is 8.30. The van der Waals surface area contributed by atoms with Crippen molar-refractivity contribution in [1.29, 1.82) is 0 Å². The molecule has 0 fully saturated rings. The maximum atomic E-state index is 12.3. The number of carbonyl (C=O) groups excluding carboxylic acids is 1. The van der Waals surface area contributed by atoms with Crippen LogP contribution in [0.3, 0.4) is 0 Å². The number of thiazole rings is 1. The Morgan fingerprint density at radius 1 is 1.38 bits per heavy atom. The zero-order chi connectivity index (χ0) is 18.5. The smallest absolute Gasteiger partial charge is 0.220 e. The molecule has 1 amide bonds. The van der Waals surface area contributed by atoms with E-state index in [1.54, 1.807) is 17.6 Å². The standard InChI is InChI=1S/C18H22N4O2S2/c1-22(2)12(13-5-3-9-24-13)11-20-16(23)8-7-15-17(21-18(19)26-15)14-6-4-10-25-14/h3-6,9-10,12H,7-8,11H2,1-2H3,(H2,19,21)(H,20,23). The van der Waals surface area contributed by atoms with Gasteiger partial charge in [0.15, 0.2) is 5.13 Å². The molecular formula is C18H22N4O2S2. The zero-order valence-corrected chi connectivity index (χ0v) is 16.4. The predicted molar refractivity (Wildman–Crippen MR) is 106 cm³/mol. The maximum Gasteiger partial charge on any atom is 0.220 e. The Morgan fingerprint density at radius 3 is 2.88 bits per heavy atom. The van der Waals surface area contributed by atoms with E-state index in [9.17, 15) is 4.79 Å². The number of nitrogens with two attached hydrogens (primary N) is 1. The third-order valence-corrected chi connectivity index (χ3v) is 5.86. The second kappa shape index (κ2) is 8.48. The van der Waals surface area contributed by atoms with E-state index in [2.05, 4.69) is 10.3 Å². The monoisotopic (exact) mass is 390 g/mol. The normalized spacial score (nSPS) is 12.4. The number of hydrogen-bond donors (Lipinski definition) is 2. The van der Waals surface area contributed by atoms with Crippen LogP contribution in [0, 0.1) is 0 Å². The van der Waals surface area contributed by atoms with Crippen molar-refractivity contribution in [3.05, 3.63) is 46.5 Å². The number of rotatable bonds is 8. The molecule has 6 nitrogen and oxygen atoms in total.